The molecule has 3 aliphatic rings. The van der Waals surface area contributed by atoms with Crippen molar-refractivity contribution < 1.29 is 9.59 Å². The van der Waals surface area contributed by atoms with Crippen molar-refractivity contribution in [3.63, 3.8) is 0 Å². The highest BCUT2D eigenvalue weighted by Crippen LogP contribution is 2.40. The third kappa shape index (κ3) is 6.40. The van der Waals surface area contributed by atoms with Gasteiger partial charge in [-0.15, -0.1) is 22.7 Å². The molecule has 2 aromatic heterocycles. The molecular formula is C38H37N5O2S2. The van der Waals surface area contributed by atoms with E-state index in [1.165, 1.54) is 33.9 Å². The number of carbonyl (C=O) groups excluding carboxylic acids is 2. The van der Waals surface area contributed by atoms with Crippen molar-refractivity contribution >= 4 is 34.5 Å². The summed E-state index contributed by atoms with van der Waals surface area (Å²) in [5, 5.41) is 8.74. The molecule has 2 N–H and O–H groups in total. The van der Waals surface area contributed by atoms with E-state index in [1.54, 1.807) is 22.7 Å². The van der Waals surface area contributed by atoms with Gasteiger partial charge in [-0.25, -0.2) is 9.97 Å². The zero-order valence-electron chi connectivity index (χ0n) is 26.1. The monoisotopic (exact) mass is 659 g/mol. The van der Waals surface area contributed by atoms with Gasteiger partial charge >= 0.3 is 0 Å². The molecule has 5 aromatic rings. The lowest BCUT2D eigenvalue weighted by Gasteiger charge is -2.28. The van der Waals surface area contributed by atoms with E-state index in [0.717, 1.165) is 58.8 Å². The summed E-state index contributed by atoms with van der Waals surface area (Å²) in [6, 6.07) is 26.6. The van der Waals surface area contributed by atoms with Gasteiger partial charge in [0.2, 0.25) is 11.8 Å². The highest BCUT2D eigenvalue weighted by Gasteiger charge is 2.39. The van der Waals surface area contributed by atoms with E-state index in [2.05, 4.69) is 64.1 Å². The molecule has 2 amide bonds. The summed E-state index contributed by atoms with van der Waals surface area (Å²) in [7, 11) is 0. The molecule has 0 bridgehead atoms. The molecule has 3 aromatic carbocycles. The number of thiazole rings is 2. The minimum Gasteiger partial charge on any atom is -0.340 e. The summed E-state index contributed by atoms with van der Waals surface area (Å²) in [6.45, 7) is 1.74. The normalized spacial score (nSPS) is 20.0. The van der Waals surface area contributed by atoms with Crippen LogP contribution in [0.5, 0.6) is 0 Å². The predicted molar refractivity (Wildman–Crippen MR) is 188 cm³/mol. The summed E-state index contributed by atoms with van der Waals surface area (Å²) < 4.78 is 0. The average molecular weight is 660 g/mol. The molecule has 2 aliphatic heterocycles. The van der Waals surface area contributed by atoms with Crippen molar-refractivity contribution in [2.45, 2.75) is 56.7 Å². The van der Waals surface area contributed by atoms with E-state index in [9.17, 15) is 9.59 Å². The number of rotatable bonds is 9. The molecule has 4 heterocycles. The minimum atomic E-state index is -0.681. The van der Waals surface area contributed by atoms with E-state index < -0.39 is 6.04 Å². The van der Waals surface area contributed by atoms with Gasteiger partial charge in [0.25, 0.3) is 0 Å². The first-order chi connectivity index (χ1) is 23.1. The third-order valence-corrected chi connectivity index (χ3v) is 11.8. The van der Waals surface area contributed by atoms with Crippen molar-refractivity contribution in [1.29, 1.82) is 0 Å². The molecule has 1 saturated carbocycles. The Bertz CT molecular complexity index is 1860. The maximum absolute atomic E-state index is 14.0. The van der Waals surface area contributed by atoms with Gasteiger partial charge in [-0.05, 0) is 72.9 Å². The molecule has 9 heteroatoms. The van der Waals surface area contributed by atoms with E-state index in [4.69, 9.17) is 4.98 Å². The van der Waals surface area contributed by atoms with Crippen LogP contribution in [-0.4, -0.2) is 39.8 Å². The molecular weight excluding hydrogens is 623 g/mol. The van der Waals surface area contributed by atoms with Gasteiger partial charge in [0.1, 0.15) is 16.1 Å². The quantitative estimate of drug-likeness (QED) is 0.168. The molecule has 1 aliphatic carbocycles. The van der Waals surface area contributed by atoms with Gasteiger partial charge in [-0.3, -0.25) is 9.59 Å². The van der Waals surface area contributed by atoms with Gasteiger partial charge in [-0.1, -0.05) is 78.9 Å². The second kappa shape index (κ2) is 13.1. The molecule has 3 unspecified atom stereocenters. The van der Waals surface area contributed by atoms with Crippen LogP contribution >= 0.6 is 22.7 Å². The number of amides is 2. The lowest BCUT2D eigenvalue weighted by Crippen LogP contribution is -2.43. The Morgan fingerprint density at radius 3 is 1.98 bits per heavy atom. The van der Waals surface area contributed by atoms with Gasteiger partial charge in [0.15, 0.2) is 0 Å². The first-order valence-corrected chi connectivity index (χ1v) is 18.3. The Balaban J connectivity index is 0.957. The van der Waals surface area contributed by atoms with Gasteiger partial charge in [-0.2, -0.15) is 0 Å². The second-order valence-electron chi connectivity index (χ2n) is 12.7. The molecule has 3 fully saturated rings. The number of nitrogens with one attached hydrogen (secondary N) is 2. The molecule has 2 saturated heterocycles. The number of likely N-dealkylation sites (tertiary alicyclic amines) is 1. The molecule has 0 radical (unpaired) electrons. The standard InChI is InChI=1S/C38H37N5O2S2/c44-35(29-18-19-29)42-34(28-6-2-1-3-7-28)38(45)43-21-5-9-31(43)37-41-23-33(47-37)27-16-12-25(13-17-27)24-10-14-26(15-11-24)32-22-40-36(46-32)30-8-4-20-39-30/h1-3,6-7,10-17,22-23,29-31,34,39H,4-5,8-9,18-21H2,(H,42,44). The fourth-order valence-electron chi connectivity index (χ4n) is 6.70. The SMILES string of the molecule is O=C(NC(C(=O)N1CCCC1c1ncc(-c2ccc(-c3ccc(-c4cnc(C5CCCN5)s4)cc3)cc2)s1)c1ccccc1)C1CC1. The highest BCUT2D eigenvalue weighted by atomic mass is 32.1. The average Bonchev–Trinajstić information content (AvgIpc) is 3.61. The molecule has 8 rings (SSSR count). The Hall–Kier alpha value is -4.18. The lowest BCUT2D eigenvalue weighted by atomic mass is 10.0. The molecule has 7 nitrogen and oxygen atoms in total. The van der Waals surface area contributed by atoms with Crippen LogP contribution in [0.1, 0.15) is 72.2 Å². The fourth-order valence-corrected chi connectivity index (χ4v) is 8.80. The molecule has 238 valence electrons. The summed E-state index contributed by atoms with van der Waals surface area (Å²) >= 11 is 3.44. The van der Waals surface area contributed by atoms with Crippen LogP contribution in [0.25, 0.3) is 32.0 Å². The third-order valence-electron chi connectivity index (χ3n) is 9.51. The summed E-state index contributed by atoms with van der Waals surface area (Å²) in [4.78, 5) is 40.5. The maximum Gasteiger partial charge on any atom is 0.250 e. The highest BCUT2D eigenvalue weighted by molar-refractivity contribution is 7.15. The van der Waals surface area contributed by atoms with Crippen LogP contribution < -0.4 is 10.6 Å². The van der Waals surface area contributed by atoms with Crippen LogP contribution in [0.2, 0.25) is 0 Å². The maximum atomic E-state index is 14.0. The van der Waals surface area contributed by atoms with Gasteiger partial charge < -0.3 is 15.5 Å². The van der Waals surface area contributed by atoms with Crippen LogP contribution in [0.4, 0.5) is 0 Å². The van der Waals surface area contributed by atoms with Crippen molar-refractivity contribution in [2.75, 3.05) is 13.1 Å². The largest absolute Gasteiger partial charge is 0.340 e. The van der Waals surface area contributed by atoms with Crippen molar-refractivity contribution in [1.82, 2.24) is 25.5 Å². The summed E-state index contributed by atoms with van der Waals surface area (Å²) in [5.41, 5.74) is 5.47. The lowest BCUT2D eigenvalue weighted by molar-refractivity contribution is -0.137. The molecule has 3 atom stereocenters. The van der Waals surface area contributed by atoms with Crippen molar-refractivity contribution in [3.8, 4) is 32.0 Å². The smallest absolute Gasteiger partial charge is 0.250 e. The summed E-state index contributed by atoms with van der Waals surface area (Å²) in [6.07, 6.45) is 9.90. The Morgan fingerprint density at radius 2 is 1.36 bits per heavy atom. The number of hydrogen-bond acceptors (Lipinski definition) is 7. The first kappa shape index (κ1) is 30.2. The van der Waals surface area contributed by atoms with Crippen LogP contribution in [0.15, 0.2) is 91.3 Å². The zero-order chi connectivity index (χ0) is 31.7. The van der Waals surface area contributed by atoms with E-state index >= 15 is 0 Å². The van der Waals surface area contributed by atoms with Crippen LogP contribution in [0, 0.1) is 5.92 Å². The number of hydrogen-bond donors (Lipinski definition) is 2. The number of nitrogens with zero attached hydrogens (tertiary/aromatic N) is 3. The van der Waals surface area contributed by atoms with Crippen molar-refractivity contribution in [2.24, 2.45) is 5.92 Å². The number of aromatic nitrogens is 2. The predicted octanol–water partition coefficient (Wildman–Crippen LogP) is 7.96. The zero-order valence-corrected chi connectivity index (χ0v) is 27.7. The molecule has 47 heavy (non-hydrogen) atoms. The van der Waals surface area contributed by atoms with Crippen molar-refractivity contribution in [3.05, 3.63) is 107 Å². The number of carbonyl (C=O) groups is 2. The topological polar surface area (TPSA) is 87.2 Å². The van der Waals surface area contributed by atoms with Gasteiger partial charge in [0.05, 0.1) is 21.8 Å². The molecule has 0 spiro atoms. The van der Waals surface area contributed by atoms with E-state index in [1.807, 2.05) is 47.6 Å². The Kier molecular flexibility index (Phi) is 8.44. The van der Waals surface area contributed by atoms with Gasteiger partial charge in [0, 0.05) is 24.9 Å². The van der Waals surface area contributed by atoms with E-state index in [0.29, 0.717) is 12.6 Å². The number of benzene rings is 3. The minimum absolute atomic E-state index is 0.0235. The van der Waals surface area contributed by atoms with Crippen LogP contribution in [0.3, 0.4) is 0 Å². The fraction of sp³-hybridized carbons (Fsp3) is 0.316. The first-order valence-electron chi connectivity index (χ1n) is 16.6. The second-order valence-corrected chi connectivity index (χ2v) is 14.9. The van der Waals surface area contributed by atoms with E-state index in [-0.39, 0.29) is 23.8 Å². The Morgan fingerprint density at radius 1 is 0.745 bits per heavy atom. The Labute approximate surface area is 283 Å². The van der Waals surface area contributed by atoms with Crippen LogP contribution in [-0.2, 0) is 9.59 Å². The summed E-state index contributed by atoms with van der Waals surface area (Å²) in [5.74, 6) is -0.0436.